The number of Topliss-reactive ketones (excluding diaryl/α,β-unsaturated/α-hetero) is 2. The van der Waals surface area contributed by atoms with Crippen LogP contribution in [0.3, 0.4) is 0 Å². The Morgan fingerprint density at radius 1 is 1.11 bits per heavy atom. The van der Waals surface area contributed by atoms with Gasteiger partial charge in [-0.15, -0.1) is 6.58 Å². The predicted octanol–water partition coefficient (Wildman–Crippen LogP) is -0.0632. The molecule has 0 amide bonds. The van der Waals surface area contributed by atoms with Crippen molar-refractivity contribution in [3.8, 4) is 5.75 Å². The molecule has 1 aromatic rings. The van der Waals surface area contributed by atoms with Crippen LogP contribution in [0.2, 0.25) is 0 Å². The first kappa shape index (κ1) is 27.3. The van der Waals surface area contributed by atoms with Gasteiger partial charge in [-0.25, -0.2) is 4.79 Å². The highest BCUT2D eigenvalue weighted by atomic mass is 16.4. The van der Waals surface area contributed by atoms with Crippen LogP contribution in [0.15, 0.2) is 35.6 Å². The van der Waals surface area contributed by atoms with Crippen molar-refractivity contribution in [2.45, 2.75) is 42.6 Å². The zero-order valence-corrected chi connectivity index (χ0v) is 21.1. The van der Waals surface area contributed by atoms with E-state index in [-0.39, 0.29) is 23.4 Å². The highest BCUT2D eigenvalue weighted by Crippen LogP contribution is 2.56. The van der Waals surface area contributed by atoms with Crippen molar-refractivity contribution >= 4 is 29.0 Å². The first-order valence-electron chi connectivity index (χ1n) is 11.7. The number of aliphatic hydroxyl groups is 5. The number of aromatic hydroxyl groups is 1. The number of likely N-dealkylation sites (N-methyl/N-ethyl adjacent to an activating group) is 1. The van der Waals surface area contributed by atoms with E-state index >= 15 is 0 Å². The molecule has 3 aliphatic rings. The molecule has 1 saturated carbocycles. The van der Waals surface area contributed by atoms with Crippen molar-refractivity contribution < 1.29 is 50.1 Å². The van der Waals surface area contributed by atoms with Crippen LogP contribution in [0.5, 0.6) is 5.75 Å². The molecule has 0 aromatic heterocycles. The molecule has 3 unspecified atom stereocenters. The molecule has 204 valence electrons. The summed E-state index contributed by atoms with van der Waals surface area (Å²) < 4.78 is 0. The largest absolute Gasteiger partial charge is 0.508 e. The van der Waals surface area contributed by atoms with E-state index in [1.807, 2.05) is 4.90 Å². The number of phenolic OH excluding ortho intramolecular Hbond substituents is 1. The molecule has 38 heavy (non-hydrogen) atoms. The predicted molar refractivity (Wildman–Crippen MR) is 134 cm³/mol. The first-order chi connectivity index (χ1) is 17.5. The molecule has 0 spiro atoms. The second-order valence-corrected chi connectivity index (χ2v) is 10.4. The van der Waals surface area contributed by atoms with Gasteiger partial charge in [0.05, 0.1) is 11.1 Å². The quantitative estimate of drug-likeness (QED) is 0.191. The van der Waals surface area contributed by atoms with Crippen molar-refractivity contribution in [2.75, 3.05) is 32.6 Å². The Morgan fingerprint density at radius 2 is 1.74 bits per heavy atom. The number of aliphatic carboxylic acids is 1. The Kier molecular flexibility index (Phi) is 6.23. The van der Waals surface area contributed by atoms with Crippen molar-refractivity contribution in [3.63, 3.8) is 0 Å². The van der Waals surface area contributed by atoms with E-state index in [9.17, 15) is 50.1 Å². The van der Waals surface area contributed by atoms with Gasteiger partial charge in [0.25, 0.3) is 0 Å². The minimum Gasteiger partial charge on any atom is -0.508 e. The highest BCUT2D eigenvalue weighted by Gasteiger charge is 2.71. The molecule has 0 aliphatic heterocycles. The second kappa shape index (κ2) is 8.67. The number of anilines is 1. The van der Waals surface area contributed by atoms with Crippen molar-refractivity contribution in [1.29, 1.82) is 0 Å². The summed E-state index contributed by atoms with van der Waals surface area (Å²) in [5.74, 6) is -7.62. The third-order valence-electron chi connectivity index (χ3n) is 7.57. The van der Waals surface area contributed by atoms with Crippen molar-refractivity contribution in [3.05, 3.63) is 52.3 Å². The van der Waals surface area contributed by atoms with Crippen molar-refractivity contribution in [2.24, 2.45) is 0 Å². The highest BCUT2D eigenvalue weighted by molar-refractivity contribution is 6.22. The first-order valence-corrected chi connectivity index (χ1v) is 11.7. The van der Waals surface area contributed by atoms with Crippen molar-refractivity contribution in [1.82, 2.24) is 4.90 Å². The summed E-state index contributed by atoms with van der Waals surface area (Å²) in [5.41, 5.74) is -9.67. The van der Waals surface area contributed by atoms with Crippen LogP contribution in [-0.4, -0.2) is 103 Å². The summed E-state index contributed by atoms with van der Waals surface area (Å²) >= 11 is 0. The van der Waals surface area contributed by atoms with E-state index in [2.05, 4.69) is 6.58 Å². The lowest BCUT2D eigenvalue weighted by molar-refractivity contribution is -0.200. The Morgan fingerprint density at radius 3 is 2.29 bits per heavy atom. The number of fused-ring (bicyclic) bond motifs is 3. The number of carbonyl (C=O) groups excluding carboxylic acids is 2. The molecular weight excluding hydrogens is 500 g/mol. The molecule has 12 nitrogen and oxygen atoms in total. The minimum absolute atomic E-state index is 0.186. The molecule has 3 atom stereocenters. The molecule has 1 fully saturated rings. The molecule has 12 heteroatoms. The van der Waals surface area contributed by atoms with Gasteiger partial charge in [0.15, 0.2) is 11.5 Å². The van der Waals surface area contributed by atoms with Gasteiger partial charge in [0, 0.05) is 57.7 Å². The van der Waals surface area contributed by atoms with Crippen LogP contribution < -0.4 is 4.90 Å². The summed E-state index contributed by atoms with van der Waals surface area (Å²) in [7, 11) is 5.16. The zero-order chi connectivity index (χ0) is 28.5. The van der Waals surface area contributed by atoms with E-state index in [0.29, 0.717) is 17.8 Å². The minimum atomic E-state index is -3.34. The fraction of sp³-hybridized carbons (Fsp3) is 0.423. The number of carboxylic acids is 1. The molecule has 1 aromatic carbocycles. The lowest BCUT2D eigenvalue weighted by Crippen LogP contribution is -2.72. The van der Waals surface area contributed by atoms with Gasteiger partial charge in [-0.3, -0.25) is 14.5 Å². The fourth-order valence-electron chi connectivity index (χ4n) is 5.89. The molecule has 0 heterocycles. The maximum Gasteiger partial charge on any atom is 0.342 e. The Balaban J connectivity index is 2.01. The summed E-state index contributed by atoms with van der Waals surface area (Å²) in [5, 5.41) is 76.8. The van der Waals surface area contributed by atoms with E-state index in [4.69, 9.17) is 0 Å². The number of hydrogen-bond donors (Lipinski definition) is 7. The zero-order valence-electron chi connectivity index (χ0n) is 21.1. The van der Waals surface area contributed by atoms with E-state index in [0.717, 1.165) is 0 Å². The number of aliphatic hydroxyl groups excluding tert-OH is 2. The summed E-state index contributed by atoms with van der Waals surface area (Å²) in [4.78, 5) is 41.3. The van der Waals surface area contributed by atoms with Crippen LogP contribution in [0.4, 0.5) is 5.69 Å². The van der Waals surface area contributed by atoms with Gasteiger partial charge >= 0.3 is 5.97 Å². The number of carboxylic acid groups (broad SMARTS) is 1. The molecule has 7 N–H and O–H groups in total. The maximum atomic E-state index is 13.7. The monoisotopic (exact) mass is 530 g/mol. The Hall–Kier alpha value is -3.71. The third kappa shape index (κ3) is 3.56. The standard InChI is InChI=1S/C26H30N2O10/c1-5-6-28(4)10-12-7-14(27(2)3)13-8-24(36)11-25(37)9-15(29)17(23(34)35)21(32)26(25,38)22(33)18(24)20(31)16(13)19(12)30/h5,7,30-32,36-38H,1,6,8-11H2,2-4H3,(H,34,35). The second-order valence-electron chi connectivity index (χ2n) is 10.4. The van der Waals surface area contributed by atoms with Gasteiger partial charge in [-0.1, -0.05) is 6.08 Å². The average molecular weight is 531 g/mol. The summed E-state index contributed by atoms with van der Waals surface area (Å²) in [6, 6.07) is 1.66. The normalized spacial score (nSPS) is 28.7. The van der Waals surface area contributed by atoms with Crippen LogP contribution in [0.1, 0.15) is 29.5 Å². The van der Waals surface area contributed by atoms with Gasteiger partial charge in [-0.05, 0) is 18.7 Å². The van der Waals surface area contributed by atoms with Crippen LogP contribution in [0.25, 0.3) is 5.76 Å². The molecular formula is C26H30N2O10. The average Bonchev–Trinajstić information content (AvgIpc) is 2.77. The summed E-state index contributed by atoms with van der Waals surface area (Å²) in [6.07, 6.45) is -0.739. The number of phenols is 1. The smallest absolute Gasteiger partial charge is 0.342 e. The number of nitrogens with zero attached hydrogens (tertiary/aromatic N) is 2. The van der Waals surface area contributed by atoms with E-state index < -0.39 is 76.3 Å². The molecule has 0 bridgehead atoms. The third-order valence-corrected chi connectivity index (χ3v) is 7.57. The Bertz CT molecular complexity index is 1360. The van der Waals surface area contributed by atoms with E-state index in [1.54, 1.807) is 38.2 Å². The Labute approximate surface area is 217 Å². The number of rotatable bonds is 6. The molecule has 4 rings (SSSR count). The molecule has 0 saturated heterocycles. The molecule has 0 radical (unpaired) electrons. The number of benzene rings is 1. The van der Waals surface area contributed by atoms with E-state index in [1.165, 1.54) is 0 Å². The van der Waals surface area contributed by atoms with Gasteiger partial charge < -0.3 is 40.6 Å². The lowest BCUT2D eigenvalue weighted by Gasteiger charge is -2.54. The van der Waals surface area contributed by atoms with Crippen LogP contribution in [-0.2, 0) is 27.3 Å². The maximum absolute atomic E-state index is 13.7. The van der Waals surface area contributed by atoms with Gasteiger partial charge in [0.2, 0.25) is 11.4 Å². The van der Waals surface area contributed by atoms with Crippen LogP contribution in [0, 0.1) is 0 Å². The topological polar surface area (TPSA) is 199 Å². The van der Waals surface area contributed by atoms with Crippen LogP contribution >= 0.6 is 0 Å². The summed E-state index contributed by atoms with van der Waals surface area (Å²) in [6.45, 7) is 4.36. The SMILES string of the molecule is C=CCN(C)Cc1cc(N(C)C)c2c(c1O)C(O)=C1C(=O)C3(O)C(O)=C(C(=O)O)C(=O)CC3(O)CC1(O)C2. The number of hydrogen-bond acceptors (Lipinski definition) is 11. The number of carbonyl (C=O) groups is 3. The molecule has 3 aliphatic carbocycles. The van der Waals surface area contributed by atoms with Gasteiger partial charge in [-0.2, -0.15) is 0 Å². The lowest BCUT2D eigenvalue weighted by atomic mass is 9.55. The fourth-order valence-corrected chi connectivity index (χ4v) is 5.89. The number of ketones is 2. The van der Waals surface area contributed by atoms with Gasteiger partial charge in [0.1, 0.15) is 28.3 Å².